The van der Waals surface area contributed by atoms with Crippen LogP contribution >= 0.6 is 23.2 Å². The summed E-state index contributed by atoms with van der Waals surface area (Å²) in [6.07, 6.45) is 1.02. The minimum absolute atomic E-state index is 0.601. The second-order valence-corrected chi connectivity index (χ2v) is 7.77. The van der Waals surface area contributed by atoms with E-state index in [-0.39, 0.29) is 0 Å². The number of hydrogen-bond donors (Lipinski definition) is 1. The number of aromatic nitrogens is 1. The number of para-hydroxylation sites is 1. The lowest BCUT2D eigenvalue weighted by atomic mass is 10.1. The molecule has 1 fully saturated rings. The number of benzene rings is 2. The molecule has 0 unspecified atom stereocenters. The Morgan fingerprint density at radius 2 is 1.65 bits per heavy atom. The first-order valence-electron chi connectivity index (χ1n) is 9.10. The van der Waals surface area contributed by atoms with Gasteiger partial charge in [0.2, 0.25) is 0 Å². The van der Waals surface area contributed by atoms with Crippen LogP contribution in [0.4, 0.5) is 5.69 Å². The lowest BCUT2D eigenvalue weighted by molar-refractivity contribution is 0.261. The summed E-state index contributed by atoms with van der Waals surface area (Å²) < 4.78 is 0. The van der Waals surface area contributed by atoms with Gasteiger partial charge in [-0.25, -0.2) is 0 Å². The number of piperazine rings is 1. The fraction of sp³-hybridized carbons (Fsp3) is 0.333. The predicted molar refractivity (Wildman–Crippen MR) is 112 cm³/mol. The zero-order valence-electron chi connectivity index (χ0n) is 14.9. The monoisotopic (exact) mass is 387 g/mol. The van der Waals surface area contributed by atoms with Gasteiger partial charge in [-0.05, 0) is 43.2 Å². The van der Waals surface area contributed by atoms with E-state index in [9.17, 15) is 0 Å². The Morgan fingerprint density at radius 3 is 2.38 bits per heavy atom. The molecule has 0 atom stereocenters. The molecule has 1 aromatic heterocycles. The standard InChI is InChI=1S/C21H23Cl2N3/c1-15-17(18-13-19(22)20(23)14-21(18)24-15)7-8-25-9-11-26(12-10-25)16-5-3-2-4-6-16/h2-6,13-14,24H,7-12H2,1H3. The summed E-state index contributed by atoms with van der Waals surface area (Å²) in [6.45, 7) is 7.56. The summed E-state index contributed by atoms with van der Waals surface area (Å²) in [5.41, 5.74) is 4.96. The molecule has 1 aliphatic rings. The number of aryl methyl sites for hydroxylation is 1. The molecule has 0 bridgehead atoms. The topological polar surface area (TPSA) is 22.3 Å². The van der Waals surface area contributed by atoms with Crippen molar-refractivity contribution in [2.24, 2.45) is 0 Å². The Balaban J connectivity index is 1.40. The van der Waals surface area contributed by atoms with Gasteiger partial charge < -0.3 is 9.88 Å². The first-order chi connectivity index (χ1) is 12.6. The fourth-order valence-electron chi connectivity index (χ4n) is 3.84. The van der Waals surface area contributed by atoms with Crippen LogP contribution in [0.15, 0.2) is 42.5 Å². The smallest absolute Gasteiger partial charge is 0.0613 e. The van der Waals surface area contributed by atoms with Gasteiger partial charge >= 0.3 is 0 Å². The SMILES string of the molecule is Cc1[nH]c2cc(Cl)c(Cl)cc2c1CCN1CCN(c2ccccc2)CC1. The quantitative estimate of drug-likeness (QED) is 0.668. The van der Waals surface area contributed by atoms with E-state index < -0.39 is 0 Å². The molecule has 1 N–H and O–H groups in total. The molecular weight excluding hydrogens is 365 g/mol. The average molecular weight is 388 g/mol. The molecule has 0 radical (unpaired) electrons. The Labute approximate surface area is 164 Å². The molecule has 0 saturated carbocycles. The summed E-state index contributed by atoms with van der Waals surface area (Å²) >= 11 is 12.4. The highest BCUT2D eigenvalue weighted by Crippen LogP contribution is 2.31. The molecule has 3 aromatic rings. The van der Waals surface area contributed by atoms with Crippen molar-refractivity contribution in [3.8, 4) is 0 Å². The minimum atomic E-state index is 0.601. The lowest BCUT2D eigenvalue weighted by Gasteiger charge is -2.36. The number of aromatic amines is 1. The predicted octanol–water partition coefficient (Wildman–Crippen LogP) is 5.15. The van der Waals surface area contributed by atoms with E-state index in [0.717, 1.165) is 44.7 Å². The molecule has 136 valence electrons. The van der Waals surface area contributed by atoms with Crippen LogP contribution < -0.4 is 4.90 Å². The molecule has 2 aromatic carbocycles. The van der Waals surface area contributed by atoms with E-state index >= 15 is 0 Å². The average Bonchev–Trinajstić information content (AvgIpc) is 2.96. The van der Waals surface area contributed by atoms with E-state index in [1.807, 2.05) is 12.1 Å². The molecule has 5 heteroatoms. The highest BCUT2D eigenvalue weighted by atomic mass is 35.5. The van der Waals surface area contributed by atoms with Gasteiger partial charge in [-0.1, -0.05) is 41.4 Å². The van der Waals surface area contributed by atoms with Crippen molar-refractivity contribution in [3.63, 3.8) is 0 Å². The van der Waals surface area contributed by atoms with Crippen LogP contribution in [0.2, 0.25) is 10.0 Å². The molecule has 2 heterocycles. The highest BCUT2D eigenvalue weighted by molar-refractivity contribution is 6.42. The summed E-state index contributed by atoms with van der Waals surface area (Å²) in [5, 5.41) is 2.42. The van der Waals surface area contributed by atoms with E-state index in [0.29, 0.717) is 10.0 Å². The van der Waals surface area contributed by atoms with Crippen molar-refractivity contribution in [1.29, 1.82) is 0 Å². The third-order valence-corrected chi connectivity index (χ3v) is 6.05. The second kappa shape index (κ2) is 7.51. The first kappa shape index (κ1) is 17.7. The number of anilines is 1. The number of fused-ring (bicyclic) bond motifs is 1. The number of halogens is 2. The Morgan fingerprint density at radius 1 is 0.962 bits per heavy atom. The number of rotatable bonds is 4. The van der Waals surface area contributed by atoms with Crippen molar-refractivity contribution in [3.05, 3.63) is 63.8 Å². The van der Waals surface area contributed by atoms with Crippen molar-refractivity contribution in [2.45, 2.75) is 13.3 Å². The number of nitrogens with one attached hydrogen (secondary N) is 1. The van der Waals surface area contributed by atoms with Crippen LogP contribution in [0.5, 0.6) is 0 Å². The van der Waals surface area contributed by atoms with Crippen LogP contribution in [0.1, 0.15) is 11.3 Å². The Bertz CT molecular complexity index is 897. The van der Waals surface area contributed by atoms with E-state index in [1.54, 1.807) is 0 Å². The lowest BCUT2D eigenvalue weighted by Crippen LogP contribution is -2.47. The molecule has 26 heavy (non-hydrogen) atoms. The van der Waals surface area contributed by atoms with E-state index in [1.165, 1.54) is 22.3 Å². The van der Waals surface area contributed by atoms with Gasteiger partial charge in [0, 0.05) is 55.0 Å². The van der Waals surface area contributed by atoms with Crippen molar-refractivity contribution >= 4 is 39.8 Å². The summed E-state index contributed by atoms with van der Waals surface area (Å²) in [6, 6.07) is 14.6. The maximum absolute atomic E-state index is 6.23. The minimum Gasteiger partial charge on any atom is -0.369 e. The van der Waals surface area contributed by atoms with Gasteiger partial charge in [-0.2, -0.15) is 0 Å². The molecule has 3 nitrogen and oxygen atoms in total. The third-order valence-electron chi connectivity index (χ3n) is 5.33. The molecule has 0 aliphatic carbocycles. The zero-order chi connectivity index (χ0) is 18.1. The normalized spacial score (nSPS) is 15.7. The second-order valence-electron chi connectivity index (χ2n) is 6.95. The fourth-order valence-corrected chi connectivity index (χ4v) is 4.17. The Hall–Kier alpha value is -1.68. The van der Waals surface area contributed by atoms with Gasteiger partial charge in [-0.3, -0.25) is 4.90 Å². The van der Waals surface area contributed by atoms with Gasteiger partial charge in [0.25, 0.3) is 0 Å². The molecular formula is C21H23Cl2N3. The molecule has 1 aliphatic heterocycles. The zero-order valence-corrected chi connectivity index (χ0v) is 16.4. The third kappa shape index (κ3) is 3.57. The van der Waals surface area contributed by atoms with Gasteiger partial charge in [0.15, 0.2) is 0 Å². The van der Waals surface area contributed by atoms with Crippen LogP contribution in [0.3, 0.4) is 0 Å². The van der Waals surface area contributed by atoms with Gasteiger partial charge in [0.1, 0.15) is 0 Å². The molecule has 0 spiro atoms. The van der Waals surface area contributed by atoms with Crippen molar-refractivity contribution < 1.29 is 0 Å². The maximum Gasteiger partial charge on any atom is 0.0613 e. The molecule has 0 amide bonds. The van der Waals surface area contributed by atoms with Crippen LogP contribution in [0, 0.1) is 6.92 Å². The highest BCUT2D eigenvalue weighted by Gasteiger charge is 2.18. The van der Waals surface area contributed by atoms with Crippen LogP contribution in [-0.2, 0) is 6.42 Å². The van der Waals surface area contributed by atoms with Crippen molar-refractivity contribution in [1.82, 2.24) is 9.88 Å². The number of hydrogen-bond acceptors (Lipinski definition) is 2. The summed E-state index contributed by atoms with van der Waals surface area (Å²) in [7, 11) is 0. The molecule has 4 rings (SSSR count). The number of H-pyrrole nitrogens is 1. The Kier molecular flexibility index (Phi) is 5.12. The van der Waals surface area contributed by atoms with Crippen molar-refractivity contribution in [2.75, 3.05) is 37.6 Å². The van der Waals surface area contributed by atoms with Crippen LogP contribution in [-0.4, -0.2) is 42.6 Å². The molecule has 1 saturated heterocycles. The van der Waals surface area contributed by atoms with Gasteiger partial charge in [-0.15, -0.1) is 0 Å². The number of nitrogens with zero attached hydrogens (tertiary/aromatic N) is 2. The summed E-state index contributed by atoms with van der Waals surface area (Å²) in [4.78, 5) is 8.46. The first-order valence-corrected chi connectivity index (χ1v) is 9.86. The van der Waals surface area contributed by atoms with E-state index in [2.05, 4.69) is 52.0 Å². The summed E-state index contributed by atoms with van der Waals surface area (Å²) in [5.74, 6) is 0. The maximum atomic E-state index is 6.23. The van der Waals surface area contributed by atoms with E-state index in [4.69, 9.17) is 23.2 Å². The van der Waals surface area contributed by atoms with Gasteiger partial charge in [0.05, 0.1) is 10.0 Å². The van der Waals surface area contributed by atoms with Crippen LogP contribution in [0.25, 0.3) is 10.9 Å². The largest absolute Gasteiger partial charge is 0.369 e.